The van der Waals surface area contributed by atoms with Crippen molar-refractivity contribution in [2.45, 2.75) is 64.8 Å². The van der Waals surface area contributed by atoms with Crippen LogP contribution in [0.5, 0.6) is 5.75 Å². The van der Waals surface area contributed by atoms with Crippen molar-refractivity contribution in [2.24, 2.45) is 4.99 Å². The summed E-state index contributed by atoms with van der Waals surface area (Å²) in [5, 5.41) is 11.2. The maximum Gasteiger partial charge on any atom is 0.168 e. The number of phenols is 1. The molecule has 0 amide bonds. The molecule has 0 aliphatic carbocycles. The molecule has 0 unspecified atom stereocenters. The minimum atomic E-state index is -1.20. The third kappa shape index (κ3) is 4.93. The normalized spacial score (nSPS) is 12.8. The van der Waals surface area contributed by atoms with Gasteiger partial charge < -0.3 is 5.11 Å². The third-order valence-corrected chi connectivity index (χ3v) is 6.10. The van der Waals surface area contributed by atoms with Crippen molar-refractivity contribution in [3.05, 3.63) is 101 Å². The highest BCUT2D eigenvalue weighted by Gasteiger charge is 2.38. The van der Waals surface area contributed by atoms with E-state index in [0.29, 0.717) is 5.56 Å². The topological polar surface area (TPSA) is 49.7 Å². The molecule has 3 aromatic carbocycles. The van der Waals surface area contributed by atoms with Crippen molar-refractivity contribution in [3.8, 4) is 5.75 Å². The molecule has 0 aliphatic heterocycles. The fraction of sp³-hybridized carbons (Fsp3) is 0.333. The highest BCUT2D eigenvalue weighted by atomic mass is 16.3. The summed E-state index contributed by atoms with van der Waals surface area (Å²) in [5.41, 5.74) is 2.63. The van der Waals surface area contributed by atoms with Gasteiger partial charge in [-0.3, -0.25) is 9.79 Å². The van der Waals surface area contributed by atoms with Crippen molar-refractivity contribution >= 4 is 12.0 Å². The highest BCUT2D eigenvalue weighted by molar-refractivity contribution is 5.95. The number of rotatable bonds is 5. The summed E-state index contributed by atoms with van der Waals surface area (Å²) in [6.07, 6.45) is 1.67. The van der Waals surface area contributed by atoms with Gasteiger partial charge in [0.2, 0.25) is 0 Å². The Morgan fingerprint density at radius 2 is 1.24 bits per heavy atom. The van der Waals surface area contributed by atoms with E-state index < -0.39 is 5.54 Å². The standard InChI is InChI=1S/C30H35NO2/c1-21(32)30(23-14-10-8-11-15-23,24-16-12-9-13-17-24)31-20-22-18-25(28(2,3)4)19-26(27(22)33)29(5,6)7/h8-20,33H,1-7H3/b31-20+. The number of nitrogens with zero attached hydrogens (tertiary/aromatic N) is 1. The van der Waals surface area contributed by atoms with Crippen LogP contribution < -0.4 is 0 Å². The van der Waals surface area contributed by atoms with Crippen LogP contribution in [-0.4, -0.2) is 17.1 Å². The number of hydrogen-bond acceptors (Lipinski definition) is 3. The zero-order valence-corrected chi connectivity index (χ0v) is 20.8. The second-order valence-electron chi connectivity index (χ2n) is 10.7. The van der Waals surface area contributed by atoms with Gasteiger partial charge in [0, 0.05) is 17.3 Å². The molecular weight excluding hydrogens is 406 g/mol. The average molecular weight is 442 g/mol. The lowest BCUT2D eigenvalue weighted by molar-refractivity contribution is -0.120. The maximum atomic E-state index is 13.2. The van der Waals surface area contributed by atoms with Gasteiger partial charge in [-0.05, 0) is 40.5 Å². The van der Waals surface area contributed by atoms with E-state index >= 15 is 0 Å². The summed E-state index contributed by atoms with van der Waals surface area (Å²) in [4.78, 5) is 18.2. The molecule has 0 atom stereocenters. The monoisotopic (exact) mass is 441 g/mol. The van der Waals surface area contributed by atoms with Crippen molar-refractivity contribution in [1.29, 1.82) is 0 Å². The second kappa shape index (κ2) is 8.97. The Bertz CT molecular complexity index is 1110. The molecule has 0 radical (unpaired) electrons. The van der Waals surface area contributed by atoms with E-state index in [1.807, 2.05) is 66.7 Å². The number of Topliss-reactive ketones (excluding diaryl/α,β-unsaturated/α-hetero) is 1. The minimum Gasteiger partial charge on any atom is -0.507 e. The van der Waals surface area contributed by atoms with Crippen LogP contribution in [0.2, 0.25) is 0 Å². The van der Waals surface area contributed by atoms with Gasteiger partial charge in [-0.1, -0.05) is 108 Å². The van der Waals surface area contributed by atoms with Crippen LogP contribution in [0.15, 0.2) is 77.8 Å². The van der Waals surface area contributed by atoms with E-state index in [1.54, 1.807) is 13.1 Å². The Kier molecular flexibility index (Phi) is 6.65. The van der Waals surface area contributed by atoms with Gasteiger partial charge in [-0.25, -0.2) is 0 Å². The smallest absolute Gasteiger partial charge is 0.168 e. The first-order valence-electron chi connectivity index (χ1n) is 11.4. The van der Waals surface area contributed by atoms with Crippen LogP contribution in [0.25, 0.3) is 0 Å². The van der Waals surface area contributed by atoms with Crippen LogP contribution in [0.1, 0.15) is 76.3 Å². The maximum absolute atomic E-state index is 13.2. The van der Waals surface area contributed by atoms with Gasteiger partial charge in [0.25, 0.3) is 0 Å². The molecule has 0 saturated heterocycles. The SMILES string of the molecule is CC(=O)C(/N=C/c1cc(C(C)(C)C)cc(C(C)(C)C)c1O)(c1ccccc1)c1ccccc1. The molecule has 3 nitrogen and oxygen atoms in total. The first-order valence-corrected chi connectivity index (χ1v) is 11.4. The molecule has 3 rings (SSSR count). The predicted molar refractivity (Wildman–Crippen MR) is 137 cm³/mol. The summed E-state index contributed by atoms with van der Waals surface area (Å²) in [5.74, 6) is 0.122. The number of ketones is 1. The van der Waals surface area contributed by atoms with E-state index in [9.17, 15) is 9.90 Å². The number of benzene rings is 3. The molecule has 0 heterocycles. The Hall–Kier alpha value is -3.20. The van der Waals surface area contributed by atoms with Gasteiger partial charge in [0.05, 0.1) is 0 Å². The van der Waals surface area contributed by atoms with Crippen LogP contribution in [-0.2, 0) is 21.2 Å². The molecule has 0 bridgehead atoms. The molecular formula is C30H35NO2. The van der Waals surface area contributed by atoms with Crippen LogP contribution >= 0.6 is 0 Å². The van der Waals surface area contributed by atoms with Crippen LogP contribution in [0.4, 0.5) is 0 Å². The predicted octanol–water partition coefficient (Wildman–Crippen LogP) is 6.94. The number of aliphatic imine (C=N–C) groups is 1. The number of aromatic hydroxyl groups is 1. The zero-order valence-electron chi connectivity index (χ0n) is 20.8. The van der Waals surface area contributed by atoms with Crippen LogP contribution in [0.3, 0.4) is 0 Å². The number of hydrogen-bond donors (Lipinski definition) is 1. The van der Waals surface area contributed by atoms with E-state index in [0.717, 1.165) is 22.3 Å². The summed E-state index contributed by atoms with van der Waals surface area (Å²) in [6, 6.07) is 23.3. The molecule has 0 fully saturated rings. The summed E-state index contributed by atoms with van der Waals surface area (Å²) < 4.78 is 0. The molecule has 0 aliphatic rings. The summed E-state index contributed by atoms with van der Waals surface area (Å²) in [7, 11) is 0. The molecule has 33 heavy (non-hydrogen) atoms. The van der Waals surface area contributed by atoms with Gasteiger partial charge in [0.15, 0.2) is 11.3 Å². The van der Waals surface area contributed by atoms with Crippen LogP contribution in [0, 0.1) is 0 Å². The van der Waals surface area contributed by atoms with Crippen molar-refractivity contribution < 1.29 is 9.90 Å². The Morgan fingerprint density at radius 3 is 1.64 bits per heavy atom. The van der Waals surface area contributed by atoms with Crippen molar-refractivity contribution in [2.75, 3.05) is 0 Å². The fourth-order valence-electron chi connectivity index (χ4n) is 4.10. The lowest BCUT2D eigenvalue weighted by atomic mass is 9.78. The van der Waals surface area contributed by atoms with Crippen molar-refractivity contribution in [1.82, 2.24) is 0 Å². The number of phenolic OH excluding ortho intramolecular Hbond substituents is 1. The second-order valence-corrected chi connectivity index (χ2v) is 10.7. The Balaban J connectivity index is 2.30. The largest absolute Gasteiger partial charge is 0.507 e. The first-order chi connectivity index (χ1) is 15.4. The van der Waals surface area contributed by atoms with E-state index in [1.165, 1.54) is 0 Å². The lowest BCUT2D eigenvalue weighted by Crippen LogP contribution is -2.33. The van der Waals surface area contributed by atoms with Gasteiger partial charge in [-0.15, -0.1) is 0 Å². The number of carbonyl (C=O) groups is 1. The molecule has 3 aromatic rings. The Morgan fingerprint density at radius 1 is 0.758 bits per heavy atom. The van der Waals surface area contributed by atoms with E-state index in [4.69, 9.17) is 4.99 Å². The highest BCUT2D eigenvalue weighted by Crippen LogP contribution is 2.39. The molecule has 0 aromatic heterocycles. The summed E-state index contributed by atoms with van der Waals surface area (Å²) >= 11 is 0. The quantitative estimate of drug-likeness (QED) is 0.436. The Labute approximate surface area is 198 Å². The third-order valence-electron chi connectivity index (χ3n) is 6.10. The summed E-state index contributed by atoms with van der Waals surface area (Å²) in [6.45, 7) is 14.3. The molecule has 0 spiro atoms. The first kappa shape index (κ1) is 24.4. The van der Waals surface area contributed by atoms with E-state index in [2.05, 4.69) is 47.6 Å². The van der Waals surface area contributed by atoms with E-state index in [-0.39, 0.29) is 22.4 Å². The minimum absolute atomic E-state index is 0.0846. The molecule has 172 valence electrons. The van der Waals surface area contributed by atoms with Crippen molar-refractivity contribution in [3.63, 3.8) is 0 Å². The molecule has 0 saturated carbocycles. The molecule has 3 heteroatoms. The fourth-order valence-corrected chi connectivity index (χ4v) is 4.10. The lowest BCUT2D eigenvalue weighted by Gasteiger charge is -2.29. The number of carbonyl (C=O) groups excluding carboxylic acids is 1. The van der Waals surface area contributed by atoms with Gasteiger partial charge in [-0.2, -0.15) is 0 Å². The average Bonchev–Trinajstić information content (AvgIpc) is 2.75. The van der Waals surface area contributed by atoms with Gasteiger partial charge in [0.1, 0.15) is 5.75 Å². The van der Waals surface area contributed by atoms with Gasteiger partial charge >= 0.3 is 0 Å². The zero-order chi connectivity index (χ0) is 24.4. The molecule has 1 N–H and O–H groups in total.